The van der Waals surface area contributed by atoms with Crippen LogP contribution in [0.25, 0.3) is 99.5 Å². The summed E-state index contributed by atoms with van der Waals surface area (Å²) in [5.74, 6) is 0. The second kappa shape index (κ2) is 12.5. The van der Waals surface area contributed by atoms with E-state index in [-0.39, 0.29) is 0 Å². The predicted octanol–water partition coefficient (Wildman–Crippen LogP) is 13.6. The van der Waals surface area contributed by atoms with Gasteiger partial charge in [-0.05, 0) is 147 Å². The second-order valence-electron chi connectivity index (χ2n) is 13.6. The van der Waals surface area contributed by atoms with E-state index in [2.05, 4.69) is 109 Å². The molecule has 0 aliphatic heterocycles. The molecule has 0 radical (unpaired) electrons. The average molecular weight is 689 g/mol. The Morgan fingerprint density at radius 3 is 1.11 bits per heavy atom. The number of para-hydroxylation sites is 2. The summed E-state index contributed by atoms with van der Waals surface area (Å²) in [6.07, 6.45) is 0. The van der Waals surface area contributed by atoms with Crippen LogP contribution in [0.1, 0.15) is 11.1 Å². The van der Waals surface area contributed by atoms with E-state index in [1.165, 1.54) is 0 Å². The maximum atomic E-state index is 9.82. The maximum Gasteiger partial charge on any atom is 0.135 e. The van der Waals surface area contributed by atoms with Crippen molar-refractivity contribution in [1.29, 1.82) is 10.5 Å². The summed E-state index contributed by atoms with van der Waals surface area (Å²) in [6.45, 7) is 0. The lowest BCUT2D eigenvalue weighted by Gasteiger charge is -2.15. The van der Waals surface area contributed by atoms with Gasteiger partial charge >= 0.3 is 0 Å². The Morgan fingerprint density at radius 2 is 0.648 bits per heavy atom. The van der Waals surface area contributed by atoms with Crippen molar-refractivity contribution in [2.75, 3.05) is 0 Å². The van der Waals surface area contributed by atoms with Gasteiger partial charge in [-0.2, -0.15) is 10.5 Å². The van der Waals surface area contributed by atoms with Gasteiger partial charge in [0.15, 0.2) is 0 Å². The Bertz CT molecular complexity index is 3020. The molecule has 0 atom stereocenters. The topological polar surface area (TPSA) is 73.9 Å². The van der Waals surface area contributed by atoms with Gasteiger partial charge in [0.1, 0.15) is 22.3 Å². The van der Waals surface area contributed by atoms with Gasteiger partial charge in [-0.1, -0.05) is 78.9 Å². The second-order valence-corrected chi connectivity index (χ2v) is 13.6. The molecular formula is C50H28N2O2. The molecule has 250 valence electrons. The molecule has 0 saturated carbocycles. The lowest BCUT2D eigenvalue weighted by Crippen LogP contribution is -1.90. The molecule has 54 heavy (non-hydrogen) atoms. The van der Waals surface area contributed by atoms with Crippen LogP contribution in [0.2, 0.25) is 0 Å². The molecule has 0 N–H and O–H groups in total. The third-order valence-corrected chi connectivity index (χ3v) is 10.3. The van der Waals surface area contributed by atoms with Gasteiger partial charge in [-0.15, -0.1) is 0 Å². The van der Waals surface area contributed by atoms with Crippen molar-refractivity contribution in [2.45, 2.75) is 0 Å². The summed E-state index contributed by atoms with van der Waals surface area (Å²) >= 11 is 0. The first-order chi connectivity index (χ1) is 26.6. The van der Waals surface area contributed by atoms with Crippen LogP contribution in [0.5, 0.6) is 0 Å². The molecule has 4 heteroatoms. The monoisotopic (exact) mass is 688 g/mol. The van der Waals surface area contributed by atoms with Crippen LogP contribution in [-0.4, -0.2) is 0 Å². The van der Waals surface area contributed by atoms with E-state index in [1.807, 2.05) is 66.7 Å². The summed E-state index contributed by atoms with van der Waals surface area (Å²) in [6, 6.07) is 62.5. The molecule has 0 spiro atoms. The lowest BCUT2D eigenvalue weighted by atomic mass is 9.89. The highest BCUT2D eigenvalue weighted by Crippen LogP contribution is 2.40. The lowest BCUT2D eigenvalue weighted by molar-refractivity contribution is 0.668. The molecule has 0 unspecified atom stereocenters. The highest BCUT2D eigenvalue weighted by molar-refractivity contribution is 6.08. The standard InChI is InChI=1S/C50H28N2O2/c51-29-31-18-32(30-52)20-36(19-31)40-21-37(33-8-2-1-3-9-33)22-41(26-40)42-24-38(34-14-16-49-45(27-34)43-10-4-6-12-47(43)53-49)23-39(25-42)35-15-17-50-46(28-35)44-11-5-7-13-48(44)54-50/h1-28H. The van der Waals surface area contributed by atoms with Crippen LogP contribution in [0.3, 0.4) is 0 Å². The Hall–Kier alpha value is -7.66. The summed E-state index contributed by atoms with van der Waals surface area (Å²) in [7, 11) is 0. The zero-order chi connectivity index (χ0) is 36.2. The molecule has 8 aromatic carbocycles. The third kappa shape index (κ3) is 5.39. The Kier molecular flexibility index (Phi) is 7.22. The number of benzene rings is 8. The van der Waals surface area contributed by atoms with Crippen LogP contribution < -0.4 is 0 Å². The number of fused-ring (bicyclic) bond motifs is 6. The van der Waals surface area contributed by atoms with Gasteiger partial charge in [0, 0.05) is 21.5 Å². The molecule has 2 aromatic heterocycles. The van der Waals surface area contributed by atoms with Crippen LogP contribution >= 0.6 is 0 Å². The number of nitrogens with zero attached hydrogens (tertiary/aromatic N) is 2. The number of hydrogen-bond donors (Lipinski definition) is 0. The normalized spacial score (nSPS) is 11.3. The molecule has 10 rings (SSSR count). The molecular weight excluding hydrogens is 661 g/mol. The van der Waals surface area contributed by atoms with Gasteiger partial charge in [0.2, 0.25) is 0 Å². The minimum atomic E-state index is 0.448. The van der Waals surface area contributed by atoms with E-state index in [0.717, 1.165) is 99.5 Å². The molecule has 0 saturated heterocycles. The van der Waals surface area contributed by atoms with Crippen LogP contribution in [-0.2, 0) is 0 Å². The summed E-state index contributed by atoms with van der Waals surface area (Å²) in [5.41, 5.74) is 14.5. The van der Waals surface area contributed by atoms with E-state index in [4.69, 9.17) is 8.83 Å². The van der Waals surface area contributed by atoms with Crippen molar-refractivity contribution >= 4 is 43.9 Å². The van der Waals surface area contributed by atoms with Crippen molar-refractivity contribution in [3.63, 3.8) is 0 Å². The Morgan fingerprint density at radius 1 is 0.278 bits per heavy atom. The summed E-state index contributed by atoms with van der Waals surface area (Å²) in [4.78, 5) is 0. The van der Waals surface area contributed by atoms with Crippen LogP contribution in [0.4, 0.5) is 0 Å². The Labute approximate surface area is 311 Å². The first kappa shape index (κ1) is 31.1. The Balaban J connectivity index is 1.22. The predicted molar refractivity (Wildman–Crippen MR) is 218 cm³/mol. The zero-order valence-corrected chi connectivity index (χ0v) is 28.9. The zero-order valence-electron chi connectivity index (χ0n) is 28.9. The van der Waals surface area contributed by atoms with Gasteiger partial charge in [0.25, 0.3) is 0 Å². The van der Waals surface area contributed by atoms with Crippen molar-refractivity contribution in [2.24, 2.45) is 0 Å². The fourth-order valence-electron chi connectivity index (χ4n) is 7.62. The van der Waals surface area contributed by atoms with Crippen LogP contribution in [0.15, 0.2) is 179 Å². The highest BCUT2D eigenvalue weighted by atomic mass is 16.3. The van der Waals surface area contributed by atoms with E-state index in [9.17, 15) is 10.5 Å². The summed E-state index contributed by atoms with van der Waals surface area (Å²) < 4.78 is 12.4. The van der Waals surface area contributed by atoms with Crippen molar-refractivity contribution in [3.8, 4) is 67.8 Å². The first-order valence-corrected chi connectivity index (χ1v) is 17.8. The molecule has 0 amide bonds. The van der Waals surface area contributed by atoms with Gasteiger partial charge in [-0.3, -0.25) is 0 Å². The van der Waals surface area contributed by atoms with E-state index < -0.39 is 0 Å². The minimum absolute atomic E-state index is 0.448. The van der Waals surface area contributed by atoms with Crippen LogP contribution in [0, 0.1) is 22.7 Å². The number of hydrogen-bond acceptors (Lipinski definition) is 4. The largest absolute Gasteiger partial charge is 0.456 e. The van der Waals surface area contributed by atoms with E-state index in [0.29, 0.717) is 11.1 Å². The molecule has 10 aromatic rings. The molecule has 0 aliphatic carbocycles. The number of furan rings is 2. The molecule has 0 fully saturated rings. The SMILES string of the molecule is N#Cc1cc(C#N)cc(-c2cc(-c3ccccc3)cc(-c3cc(-c4ccc5oc6ccccc6c5c4)cc(-c4ccc5oc6ccccc6c5c4)c3)c2)c1. The number of rotatable bonds is 5. The van der Waals surface area contributed by atoms with Crippen molar-refractivity contribution in [3.05, 3.63) is 181 Å². The van der Waals surface area contributed by atoms with E-state index >= 15 is 0 Å². The van der Waals surface area contributed by atoms with Crippen molar-refractivity contribution in [1.82, 2.24) is 0 Å². The van der Waals surface area contributed by atoms with E-state index in [1.54, 1.807) is 6.07 Å². The average Bonchev–Trinajstić information content (AvgIpc) is 3.81. The smallest absolute Gasteiger partial charge is 0.135 e. The quantitative estimate of drug-likeness (QED) is 0.180. The fourth-order valence-corrected chi connectivity index (χ4v) is 7.62. The van der Waals surface area contributed by atoms with Gasteiger partial charge in [0.05, 0.1) is 23.3 Å². The minimum Gasteiger partial charge on any atom is -0.456 e. The first-order valence-electron chi connectivity index (χ1n) is 17.8. The third-order valence-electron chi connectivity index (χ3n) is 10.3. The van der Waals surface area contributed by atoms with Crippen molar-refractivity contribution < 1.29 is 8.83 Å². The molecule has 2 heterocycles. The number of nitriles is 2. The van der Waals surface area contributed by atoms with Gasteiger partial charge in [-0.25, -0.2) is 0 Å². The molecule has 0 aliphatic rings. The highest BCUT2D eigenvalue weighted by Gasteiger charge is 2.15. The fraction of sp³-hybridized carbons (Fsp3) is 0. The van der Waals surface area contributed by atoms with Gasteiger partial charge < -0.3 is 8.83 Å². The molecule has 4 nitrogen and oxygen atoms in total. The summed E-state index contributed by atoms with van der Waals surface area (Å²) in [5, 5.41) is 23.9. The maximum absolute atomic E-state index is 9.82. The molecule has 0 bridgehead atoms.